The predicted molar refractivity (Wildman–Crippen MR) is 70.8 cm³/mol. The summed E-state index contributed by atoms with van der Waals surface area (Å²) in [4.78, 5) is 12.3. The van der Waals surface area contributed by atoms with Crippen LogP contribution in [0.5, 0.6) is 6.01 Å². The van der Waals surface area contributed by atoms with Gasteiger partial charge in [-0.15, -0.1) is 0 Å². The van der Waals surface area contributed by atoms with Gasteiger partial charge in [0.1, 0.15) is 0 Å². The Balaban J connectivity index is 2.04. The number of nitrogens with zero attached hydrogens (tertiary/aromatic N) is 3. The van der Waals surface area contributed by atoms with E-state index in [1.165, 1.54) is 7.11 Å². The first-order chi connectivity index (χ1) is 9.22. The Hall–Kier alpha value is -1.67. The van der Waals surface area contributed by atoms with Gasteiger partial charge in [-0.25, -0.2) is 5.84 Å². The number of hydrogen-bond acceptors (Lipinski definition) is 8. The van der Waals surface area contributed by atoms with E-state index in [9.17, 15) is 0 Å². The average molecular weight is 268 g/mol. The van der Waals surface area contributed by atoms with E-state index in [1.54, 1.807) is 0 Å². The molecule has 1 saturated heterocycles. The van der Waals surface area contributed by atoms with Crippen molar-refractivity contribution in [1.82, 2.24) is 15.0 Å². The van der Waals surface area contributed by atoms with E-state index in [2.05, 4.69) is 32.6 Å². The molecule has 2 rings (SSSR count). The van der Waals surface area contributed by atoms with Crippen LogP contribution < -0.4 is 21.3 Å². The molecule has 0 spiro atoms. The quantitative estimate of drug-likeness (QED) is 0.520. The van der Waals surface area contributed by atoms with Crippen molar-refractivity contribution < 1.29 is 9.47 Å². The van der Waals surface area contributed by atoms with E-state index in [0.29, 0.717) is 11.9 Å². The summed E-state index contributed by atoms with van der Waals surface area (Å²) >= 11 is 0. The van der Waals surface area contributed by atoms with E-state index < -0.39 is 0 Å². The lowest BCUT2D eigenvalue weighted by Gasteiger charge is -2.28. The highest BCUT2D eigenvalue weighted by molar-refractivity contribution is 5.35. The Labute approximate surface area is 112 Å². The van der Waals surface area contributed by atoms with Gasteiger partial charge in [0.2, 0.25) is 11.9 Å². The fraction of sp³-hybridized carbons (Fsp3) is 0.727. The summed E-state index contributed by atoms with van der Waals surface area (Å²) in [6.07, 6.45) is 2.08. The van der Waals surface area contributed by atoms with Crippen molar-refractivity contribution in [3.63, 3.8) is 0 Å². The lowest BCUT2D eigenvalue weighted by Crippen LogP contribution is -2.31. The van der Waals surface area contributed by atoms with Gasteiger partial charge in [0.15, 0.2) is 0 Å². The van der Waals surface area contributed by atoms with Gasteiger partial charge in [0, 0.05) is 19.3 Å². The summed E-state index contributed by atoms with van der Waals surface area (Å²) < 4.78 is 10.4. The Morgan fingerprint density at radius 2 is 1.95 bits per heavy atom. The summed E-state index contributed by atoms with van der Waals surface area (Å²) in [7, 11) is 1.50. The maximum atomic E-state index is 5.36. The number of rotatable bonds is 5. The van der Waals surface area contributed by atoms with Gasteiger partial charge >= 0.3 is 6.01 Å². The van der Waals surface area contributed by atoms with Gasteiger partial charge in [-0.3, -0.25) is 5.43 Å². The second-order valence-corrected chi connectivity index (χ2v) is 4.50. The van der Waals surface area contributed by atoms with Crippen molar-refractivity contribution in [2.24, 2.45) is 11.8 Å². The molecule has 0 aliphatic carbocycles. The molecule has 1 fully saturated rings. The summed E-state index contributed by atoms with van der Waals surface area (Å²) in [5.74, 6) is 6.59. The highest BCUT2D eigenvalue weighted by Gasteiger charge is 2.21. The van der Waals surface area contributed by atoms with Gasteiger partial charge in [-0.1, -0.05) is 0 Å². The maximum absolute atomic E-state index is 5.36. The summed E-state index contributed by atoms with van der Waals surface area (Å²) in [5, 5.41) is 3.27. The topological polar surface area (TPSA) is 107 Å². The van der Waals surface area contributed by atoms with Crippen molar-refractivity contribution in [1.29, 1.82) is 0 Å². The zero-order valence-electron chi connectivity index (χ0n) is 11.2. The molecule has 1 unspecified atom stereocenters. The molecule has 0 radical (unpaired) electrons. The number of ether oxygens (including phenoxy) is 2. The third-order valence-corrected chi connectivity index (χ3v) is 3.26. The molecule has 0 amide bonds. The van der Waals surface area contributed by atoms with Crippen LogP contribution in [0.1, 0.15) is 19.8 Å². The lowest BCUT2D eigenvalue weighted by molar-refractivity contribution is 0.0621. The van der Waals surface area contributed by atoms with Crippen LogP contribution in [-0.4, -0.2) is 41.3 Å². The highest BCUT2D eigenvalue weighted by Crippen LogP contribution is 2.21. The molecule has 1 aliphatic heterocycles. The lowest BCUT2D eigenvalue weighted by atomic mass is 9.93. The van der Waals surface area contributed by atoms with Gasteiger partial charge in [-0.05, 0) is 25.7 Å². The van der Waals surface area contributed by atoms with Crippen molar-refractivity contribution in [2.75, 3.05) is 31.1 Å². The predicted octanol–water partition coefficient (Wildman–Crippen LogP) is 0.393. The molecule has 0 bridgehead atoms. The highest BCUT2D eigenvalue weighted by atomic mass is 16.5. The Bertz CT molecular complexity index is 388. The zero-order chi connectivity index (χ0) is 13.7. The smallest absolute Gasteiger partial charge is 0.322 e. The van der Waals surface area contributed by atoms with Gasteiger partial charge in [0.25, 0.3) is 0 Å². The minimum absolute atomic E-state index is 0.227. The zero-order valence-corrected chi connectivity index (χ0v) is 11.2. The minimum atomic E-state index is 0.227. The monoisotopic (exact) mass is 268 g/mol. The molecule has 19 heavy (non-hydrogen) atoms. The van der Waals surface area contributed by atoms with E-state index in [1.807, 2.05) is 0 Å². The number of aromatic nitrogens is 3. The molecule has 8 heteroatoms. The Morgan fingerprint density at radius 1 is 1.26 bits per heavy atom. The van der Waals surface area contributed by atoms with Crippen LogP contribution in [-0.2, 0) is 4.74 Å². The molecule has 4 N–H and O–H groups in total. The van der Waals surface area contributed by atoms with E-state index in [0.717, 1.165) is 26.1 Å². The Morgan fingerprint density at radius 3 is 2.58 bits per heavy atom. The van der Waals surface area contributed by atoms with E-state index in [4.69, 9.17) is 15.3 Å². The molecule has 1 aromatic rings. The third-order valence-electron chi connectivity index (χ3n) is 3.26. The van der Waals surface area contributed by atoms with Crippen LogP contribution in [0.15, 0.2) is 0 Å². The summed E-state index contributed by atoms with van der Waals surface area (Å²) in [6.45, 7) is 3.74. The fourth-order valence-electron chi connectivity index (χ4n) is 2.11. The molecule has 8 nitrogen and oxygen atoms in total. The van der Waals surface area contributed by atoms with Gasteiger partial charge < -0.3 is 14.8 Å². The van der Waals surface area contributed by atoms with Crippen molar-refractivity contribution in [3.8, 4) is 6.01 Å². The summed E-state index contributed by atoms with van der Waals surface area (Å²) in [6, 6.07) is 0.478. The molecule has 2 heterocycles. The van der Waals surface area contributed by atoms with Gasteiger partial charge in [-0.2, -0.15) is 15.0 Å². The van der Waals surface area contributed by atoms with E-state index >= 15 is 0 Å². The number of anilines is 2. The molecular weight excluding hydrogens is 248 g/mol. The van der Waals surface area contributed by atoms with Crippen molar-refractivity contribution in [2.45, 2.75) is 25.8 Å². The van der Waals surface area contributed by atoms with Crippen LogP contribution in [0.3, 0.4) is 0 Å². The Kier molecular flexibility index (Phi) is 4.69. The maximum Gasteiger partial charge on any atom is 0.322 e. The van der Waals surface area contributed by atoms with Crippen LogP contribution in [0.2, 0.25) is 0 Å². The van der Waals surface area contributed by atoms with Crippen LogP contribution in [0, 0.1) is 5.92 Å². The molecule has 1 aromatic heterocycles. The normalized spacial score (nSPS) is 17.8. The summed E-state index contributed by atoms with van der Waals surface area (Å²) in [5.41, 5.74) is 2.39. The first-order valence-corrected chi connectivity index (χ1v) is 6.34. The average Bonchev–Trinajstić information content (AvgIpc) is 2.47. The third kappa shape index (κ3) is 3.65. The van der Waals surface area contributed by atoms with Crippen LogP contribution in [0.4, 0.5) is 11.9 Å². The number of methoxy groups -OCH3 is 1. The molecule has 1 aliphatic rings. The van der Waals surface area contributed by atoms with E-state index in [-0.39, 0.29) is 18.0 Å². The minimum Gasteiger partial charge on any atom is -0.467 e. The number of nitrogens with one attached hydrogen (secondary N) is 2. The first-order valence-electron chi connectivity index (χ1n) is 6.34. The first kappa shape index (κ1) is 13.8. The SMILES string of the molecule is COc1nc(NN)nc(NC(C)C2CCOCC2)n1. The van der Waals surface area contributed by atoms with Crippen molar-refractivity contribution in [3.05, 3.63) is 0 Å². The number of hydrogen-bond donors (Lipinski definition) is 3. The number of nitrogen functional groups attached to an aromatic ring is 1. The number of nitrogens with two attached hydrogens (primary N) is 1. The molecule has 106 valence electrons. The largest absolute Gasteiger partial charge is 0.467 e. The molecule has 1 atom stereocenters. The standard InChI is InChI=1S/C11H20N6O2/c1-7(8-3-5-19-6-4-8)13-9-14-10(17-12)16-11(15-9)18-2/h7-8H,3-6,12H2,1-2H3,(H2,13,14,15,16,17). The number of hydrazine groups is 1. The van der Waals surface area contributed by atoms with Gasteiger partial charge in [0.05, 0.1) is 7.11 Å². The second kappa shape index (κ2) is 6.48. The molecular formula is C11H20N6O2. The molecule has 0 aromatic carbocycles. The van der Waals surface area contributed by atoms with Crippen molar-refractivity contribution >= 4 is 11.9 Å². The fourth-order valence-corrected chi connectivity index (χ4v) is 2.11. The second-order valence-electron chi connectivity index (χ2n) is 4.50. The van der Waals surface area contributed by atoms with Crippen LogP contribution >= 0.6 is 0 Å². The van der Waals surface area contributed by atoms with Crippen LogP contribution in [0.25, 0.3) is 0 Å². The molecule has 0 saturated carbocycles.